The van der Waals surface area contributed by atoms with E-state index in [9.17, 15) is 4.79 Å². The second-order valence-electron chi connectivity index (χ2n) is 7.39. The number of rotatable bonds is 6. The van der Waals surface area contributed by atoms with Crippen molar-refractivity contribution in [1.82, 2.24) is 20.2 Å². The molecule has 1 saturated heterocycles. The lowest BCUT2D eigenvalue weighted by Gasteiger charge is -2.33. The van der Waals surface area contributed by atoms with Gasteiger partial charge in [0.2, 0.25) is 5.95 Å². The lowest BCUT2D eigenvalue weighted by atomic mass is 10.0. The number of nitrogens with one attached hydrogen (secondary N) is 1. The van der Waals surface area contributed by atoms with E-state index in [1.807, 2.05) is 6.07 Å². The molecule has 3 N–H and O–H groups in total. The SMILES string of the molecule is Cc1nc(N)nc(C)c1OC(C)C(=O)NC1CCN(Cc2ccccc2)CC1. The molecule has 28 heavy (non-hydrogen) atoms. The quantitative estimate of drug-likeness (QED) is 0.794. The highest BCUT2D eigenvalue weighted by atomic mass is 16.5. The molecule has 3 rings (SSSR count). The van der Waals surface area contributed by atoms with Crippen molar-refractivity contribution in [3.63, 3.8) is 0 Å². The van der Waals surface area contributed by atoms with E-state index in [-0.39, 0.29) is 17.9 Å². The van der Waals surface area contributed by atoms with Gasteiger partial charge in [-0.2, -0.15) is 0 Å². The number of hydrogen-bond donors (Lipinski definition) is 2. The fourth-order valence-corrected chi connectivity index (χ4v) is 3.53. The zero-order valence-corrected chi connectivity index (χ0v) is 16.8. The fraction of sp³-hybridized carbons (Fsp3) is 0.476. The molecule has 0 aliphatic carbocycles. The fourth-order valence-electron chi connectivity index (χ4n) is 3.53. The van der Waals surface area contributed by atoms with E-state index in [0.29, 0.717) is 17.1 Å². The van der Waals surface area contributed by atoms with E-state index >= 15 is 0 Å². The Labute approximate surface area is 166 Å². The summed E-state index contributed by atoms with van der Waals surface area (Å²) in [5, 5.41) is 3.12. The van der Waals surface area contributed by atoms with Crippen LogP contribution in [0, 0.1) is 13.8 Å². The van der Waals surface area contributed by atoms with Gasteiger partial charge in [-0.25, -0.2) is 9.97 Å². The number of carbonyl (C=O) groups is 1. The van der Waals surface area contributed by atoms with Gasteiger partial charge in [0, 0.05) is 25.7 Å². The van der Waals surface area contributed by atoms with Gasteiger partial charge in [-0.3, -0.25) is 9.69 Å². The summed E-state index contributed by atoms with van der Waals surface area (Å²) in [6.45, 7) is 8.24. The summed E-state index contributed by atoms with van der Waals surface area (Å²) in [6, 6.07) is 10.7. The number of aryl methyl sites for hydroxylation is 2. The minimum atomic E-state index is -0.619. The number of nitrogens with zero attached hydrogens (tertiary/aromatic N) is 3. The first-order chi connectivity index (χ1) is 13.4. The van der Waals surface area contributed by atoms with Crippen molar-refractivity contribution in [2.45, 2.75) is 52.3 Å². The van der Waals surface area contributed by atoms with E-state index in [1.165, 1.54) is 5.56 Å². The van der Waals surface area contributed by atoms with Crippen LogP contribution in [0.1, 0.15) is 36.7 Å². The largest absolute Gasteiger partial charge is 0.477 e. The van der Waals surface area contributed by atoms with Crippen molar-refractivity contribution in [2.24, 2.45) is 0 Å². The first-order valence-electron chi connectivity index (χ1n) is 9.76. The molecule has 1 amide bonds. The van der Waals surface area contributed by atoms with Crippen LogP contribution in [0.25, 0.3) is 0 Å². The van der Waals surface area contributed by atoms with Gasteiger partial charge in [-0.05, 0) is 39.2 Å². The second-order valence-corrected chi connectivity index (χ2v) is 7.39. The number of benzene rings is 1. The normalized spacial score (nSPS) is 16.5. The topological polar surface area (TPSA) is 93.4 Å². The number of ether oxygens (including phenoxy) is 1. The maximum atomic E-state index is 12.6. The van der Waals surface area contributed by atoms with E-state index in [4.69, 9.17) is 10.5 Å². The van der Waals surface area contributed by atoms with Crippen LogP contribution in [-0.2, 0) is 11.3 Å². The van der Waals surface area contributed by atoms with E-state index in [0.717, 1.165) is 32.5 Å². The Bertz CT molecular complexity index is 781. The molecule has 2 heterocycles. The third-order valence-electron chi connectivity index (χ3n) is 5.07. The zero-order valence-electron chi connectivity index (χ0n) is 16.8. The number of nitrogens with two attached hydrogens (primary N) is 1. The van der Waals surface area contributed by atoms with Crippen LogP contribution in [0.4, 0.5) is 5.95 Å². The summed E-state index contributed by atoms with van der Waals surface area (Å²) in [6.07, 6.45) is 1.26. The second kappa shape index (κ2) is 9.01. The van der Waals surface area contributed by atoms with Gasteiger partial charge >= 0.3 is 0 Å². The minimum absolute atomic E-state index is 0.114. The van der Waals surface area contributed by atoms with Gasteiger partial charge in [0.1, 0.15) is 0 Å². The molecular weight excluding hydrogens is 354 g/mol. The summed E-state index contributed by atoms with van der Waals surface area (Å²) >= 11 is 0. The Morgan fingerprint density at radius 1 is 1.21 bits per heavy atom. The van der Waals surface area contributed by atoms with Crippen LogP contribution in [0.3, 0.4) is 0 Å². The zero-order chi connectivity index (χ0) is 20.1. The summed E-state index contributed by atoms with van der Waals surface area (Å²) in [5.74, 6) is 0.619. The standard InChI is InChI=1S/C21H29N5O2/c1-14-19(15(2)24-21(22)23-14)28-16(3)20(27)25-18-9-11-26(12-10-18)13-17-7-5-4-6-8-17/h4-8,16,18H,9-13H2,1-3H3,(H,25,27)(H2,22,23,24). The maximum Gasteiger partial charge on any atom is 0.260 e. The molecule has 1 aliphatic rings. The molecule has 150 valence electrons. The first kappa shape index (κ1) is 20.1. The molecule has 1 fully saturated rings. The Balaban J connectivity index is 1.47. The number of aromatic nitrogens is 2. The average molecular weight is 383 g/mol. The molecule has 1 aromatic carbocycles. The minimum Gasteiger partial charge on any atom is -0.477 e. The van der Waals surface area contributed by atoms with Crippen molar-refractivity contribution in [2.75, 3.05) is 18.8 Å². The van der Waals surface area contributed by atoms with Crippen molar-refractivity contribution in [1.29, 1.82) is 0 Å². The summed E-state index contributed by atoms with van der Waals surface area (Å²) in [5.41, 5.74) is 8.24. The molecule has 1 atom stereocenters. The Morgan fingerprint density at radius 2 is 1.82 bits per heavy atom. The predicted octanol–water partition coefficient (Wildman–Crippen LogP) is 2.22. The van der Waals surface area contributed by atoms with Gasteiger partial charge in [-0.1, -0.05) is 30.3 Å². The molecular formula is C21H29N5O2. The number of amides is 1. The molecule has 0 saturated carbocycles. The predicted molar refractivity (Wildman–Crippen MR) is 109 cm³/mol. The lowest BCUT2D eigenvalue weighted by Crippen LogP contribution is -2.48. The molecule has 2 aromatic rings. The molecule has 0 radical (unpaired) electrons. The summed E-state index contributed by atoms with van der Waals surface area (Å²) in [7, 11) is 0. The third kappa shape index (κ3) is 5.19. The van der Waals surface area contributed by atoms with Crippen molar-refractivity contribution >= 4 is 11.9 Å². The number of hydrogen-bond acceptors (Lipinski definition) is 6. The Kier molecular flexibility index (Phi) is 6.46. The monoisotopic (exact) mass is 383 g/mol. The van der Waals surface area contributed by atoms with E-state index in [1.54, 1.807) is 20.8 Å². The highest BCUT2D eigenvalue weighted by Crippen LogP contribution is 2.22. The molecule has 7 heteroatoms. The van der Waals surface area contributed by atoms with Gasteiger partial charge in [0.25, 0.3) is 5.91 Å². The Hall–Kier alpha value is -2.67. The highest BCUT2D eigenvalue weighted by molar-refractivity contribution is 5.81. The van der Waals surface area contributed by atoms with Crippen LogP contribution in [0.15, 0.2) is 30.3 Å². The van der Waals surface area contributed by atoms with Gasteiger partial charge < -0.3 is 15.8 Å². The maximum absolute atomic E-state index is 12.6. The Morgan fingerprint density at radius 3 is 2.43 bits per heavy atom. The number of carbonyl (C=O) groups excluding carboxylic acids is 1. The van der Waals surface area contributed by atoms with Crippen molar-refractivity contribution in [3.8, 4) is 5.75 Å². The number of nitrogen functional groups attached to an aromatic ring is 1. The van der Waals surface area contributed by atoms with Gasteiger partial charge in [0.15, 0.2) is 11.9 Å². The van der Waals surface area contributed by atoms with Crippen LogP contribution in [-0.4, -0.2) is 46.0 Å². The van der Waals surface area contributed by atoms with Crippen molar-refractivity contribution in [3.05, 3.63) is 47.3 Å². The van der Waals surface area contributed by atoms with E-state index < -0.39 is 6.10 Å². The molecule has 1 aromatic heterocycles. The number of likely N-dealkylation sites (tertiary alicyclic amines) is 1. The summed E-state index contributed by atoms with van der Waals surface area (Å²) < 4.78 is 5.83. The van der Waals surface area contributed by atoms with Crippen molar-refractivity contribution < 1.29 is 9.53 Å². The van der Waals surface area contributed by atoms with Gasteiger partial charge in [-0.15, -0.1) is 0 Å². The smallest absolute Gasteiger partial charge is 0.260 e. The first-order valence-corrected chi connectivity index (χ1v) is 9.76. The number of piperidine rings is 1. The third-order valence-corrected chi connectivity index (χ3v) is 5.07. The summed E-state index contributed by atoms with van der Waals surface area (Å²) in [4.78, 5) is 23.2. The van der Waals surface area contributed by atoms with Crippen LogP contribution in [0.5, 0.6) is 5.75 Å². The van der Waals surface area contributed by atoms with E-state index in [2.05, 4.69) is 44.5 Å². The van der Waals surface area contributed by atoms with Crippen LogP contribution in [0.2, 0.25) is 0 Å². The highest BCUT2D eigenvalue weighted by Gasteiger charge is 2.24. The molecule has 1 aliphatic heterocycles. The van der Waals surface area contributed by atoms with Crippen LogP contribution < -0.4 is 15.8 Å². The molecule has 0 spiro atoms. The average Bonchev–Trinajstić information content (AvgIpc) is 2.67. The molecule has 7 nitrogen and oxygen atoms in total. The van der Waals surface area contributed by atoms with Gasteiger partial charge in [0.05, 0.1) is 11.4 Å². The molecule has 0 bridgehead atoms. The van der Waals surface area contributed by atoms with Crippen LogP contribution >= 0.6 is 0 Å². The molecule has 1 unspecified atom stereocenters. The lowest BCUT2D eigenvalue weighted by molar-refractivity contribution is -0.128. The number of anilines is 1.